The zero-order chi connectivity index (χ0) is 17.3. The summed E-state index contributed by atoms with van der Waals surface area (Å²) >= 11 is 0. The molecule has 0 spiro atoms. The fourth-order valence-corrected chi connectivity index (χ4v) is 4.26. The summed E-state index contributed by atoms with van der Waals surface area (Å²) in [6.45, 7) is 1.82. The zero-order valence-corrected chi connectivity index (χ0v) is 14.7. The number of rotatable bonds is 2. The van der Waals surface area contributed by atoms with E-state index >= 15 is 0 Å². The highest BCUT2D eigenvalue weighted by Gasteiger charge is 2.36. The lowest BCUT2D eigenvalue weighted by atomic mass is 10.1. The minimum atomic E-state index is 0.327. The maximum absolute atomic E-state index is 6.11. The molecule has 1 aromatic carbocycles. The largest absolute Gasteiger partial charge is 0.376 e. The number of hydrogen-bond donors (Lipinski definition) is 0. The van der Waals surface area contributed by atoms with Crippen LogP contribution in [0.4, 0.5) is 5.82 Å². The third kappa shape index (κ3) is 2.72. The molecule has 3 heterocycles. The van der Waals surface area contributed by atoms with Gasteiger partial charge in [-0.1, -0.05) is 12.1 Å². The van der Waals surface area contributed by atoms with Crippen LogP contribution in [-0.2, 0) is 4.74 Å². The third-order valence-electron chi connectivity index (χ3n) is 5.47. The molecule has 3 aromatic rings. The number of benzene rings is 1. The van der Waals surface area contributed by atoms with Crippen LogP contribution in [0.2, 0.25) is 0 Å². The number of pyridine rings is 1. The molecule has 1 aliphatic heterocycles. The fraction of sp³-hybridized carbons (Fsp3) is 0.381. The van der Waals surface area contributed by atoms with Gasteiger partial charge in [-0.15, -0.1) is 0 Å². The van der Waals surface area contributed by atoms with Crippen LogP contribution in [0.5, 0.6) is 0 Å². The number of nitrogens with zero attached hydrogens (tertiary/aromatic N) is 4. The van der Waals surface area contributed by atoms with Gasteiger partial charge in [0.2, 0.25) is 0 Å². The minimum Gasteiger partial charge on any atom is -0.376 e. The van der Waals surface area contributed by atoms with Gasteiger partial charge >= 0.3 is 0 Å². The quantitative estimate of drug-likeness (QED) is 0.706. The summed E-state index contributed by atoms with van der Waals surface area (Å²) in [6.07, 6.45) is 8.52. The van der Waals surface area contributed by atoms with Crippen LogP contribution in [0.3, 0.4) is 0 Å². The molecule has 5 nitrogen and oxygen atoms in total. The van der Waals surface area contributed by atoms with Crippen molar-refractivity contribution in [3.63, 3.8) is 0 Å². The molecule has 26 heavy (non-hydrogen) atoms. The number of ether oxygens (including phenoxy) is 1. The van der Waals surface area contributed by atoms with Crippen molar-refractivity contribution >= 4 is 16.7 Å². The summed E-state index contributed by atoms with van der Waals surface area (Å²) in [7, 11) is 0. The molecule has 0 N–H and O–H groups in total. The molecule has 2 unspecified atom stereocenters. The summed E-state index contributed by atoms with van der Waals surface area (Å²) in [6, 6.07) is 12.7. The summed E-state index contributed by atoms with van der Waals surface area (Å²) < 4.78 is 6.11. The zero-order valence-electron chi connectivity index (χ0n) is 14.7. The van der Waals surface area contributed by atoms with Crippen LogP contribution < -0.4 is 4.90 Å². The third-order valence-corrected chi connectivity index (χ3v) is 5.47. The molecule has 132 valence electrons. The van der Waals surface area contributed by atoms with Crippen LogP contribution in [0.1, 0.15) is 25.7 Å². The average molecular weight is 346 g/mol. The van der Waals surface area contributed by atoms with E-state index in [1.807, 2.05) is 24.4 Å². The summed E-state index contributed by atoms with van der Waals surface area (Å²) in [5.74, 6) is 1.78. The second-order valence-electron chi connectivity index (χ2n) is 7.08. The maximum Gasteiger partial charge on any atom is 0.163 e. The van der Waals surface area contributed by atoms with Gasteiger partial charge in [0, 0.05) is 36.5 Å². The number of aromatic nitrogens is 3. The SMILES string of the molecule is c1cncc(-c2nc(N3CCCOC4CCCC43)c3ccccc3n2)c1. The average Bonchev–Trinajstić information content (AvgIpc) is 3.07. The highest BCUT2D eigenvalue weighted by atomic mass is 16.5. The van der Waals surface area contributed by atoms with Crippen LogP contribution in [0.15, 0.2) is 48.8 Å². The van der Waals surface area contributed by atoms with Gasteiger partial charge in [0.15, 0.2) is 5.82 Å². The molecule has 2 aliphatic rings. The lowest BCUT2D eigenvalue weighted by Crippen LogP contribution is -2.40. The topological polar surface area (TPSA) is 51.1 Å². The lowest BCUT2D eigenvalue weighted by molar-refractivity contribution is 0.0591. The molecule has 1 saturated carbocycles. The van der Waals surface area contributed by atoms with E-state index < -0.39 is 0 Å². The monoisotopic (exact) mass is 346 g/mol. The molecule has 2 atom stereocenters. The highest BCUT2D eigenvalue weighted by molar-refractivity contribution is 5.91. The Morgan fingerprint density at radius 1 is 1.00 bits per heavy atom. The van der Waals surface area contributed by atoms with Crippen LogP contribution in [-0.4, -0.2) is 40.2 Å². The van der Waals surface area contributed by atoms with E-state index in [2.05, 4.69) is 28.1 Å². The van der Waals surface area contributed by atoms with Gasteiger partial charge in [0.1, 0.15) is 5.82 Å². The Morgan fingerprint density at radius 3 is 2.88 bits per heavy atom. The first kappa shape index (κ1) is 15.7. The first-order valence-electron chi connectivity index (χ1n) is 9.45. The van der Waals surface area contributed by atoms with Crippen LogP contribution >= 0.6 is 0 Å². The lowest BCUT2D eigenvalue weighted by Gasteiger charge is -2.32. The van der Waals surface area contributed by atoms with E-state index in [9.17, 15) is 0 Å². The minimum absolute atomic E-state index is 0.327. The smallest absolute Gasteiger partial charge is 0.163 e. The molecule has 2 fully saturated rings. The molecule has 0 bridgehead atoms. The Bertz CT molecular complexity index is 914. The predicted octanol–water partition coefficient (Wildman–Crippen LogP) is 3.84. The van der Waals surface area contributed by atoms with E-state index in [0.29, 0.717) is 12.1 Å². The highest BCUT2D eigenvalue weighted by Crippen LogP contribution is 2.35. The predicted molar refractivity (Wildman–Crippen MR) is 102 cm³/mol. The Kier molecular flexibility index (Phi) is 4.02. The van der Waals surface area contributed by atoms with Gasteiger partial charge in [-0.25, -0.2) is 9.97 Å². The van der Waals surface area contributed by atoms with Gasteiger partial charge in [0.05, 0.1) is 17.7 Å². The van der Waals surface area contributed by atoms with Crippen molar-refractivity contribution in [3.8, 4) is 11.4 Å². The van der Waals surface area contributed by atoms with E-state index in [1.54, 1.807) is 6.20 Å². The van der Waals surface area contributed by atoms with Crippen molar-refractivity contribution in [1.29, 1.82) is 0 Å². The van der Waals surface area contributed by atoms with Crippen LogP contribution in [0, 0.1) is 0 Å². The second kappa shape index (κ2) is 6.65. The molecular formula is C21H22N4O. The number of fused-ring (bicyclic) bond motifs is 2. The Morgan fingerprint density at radius 2 is 1.96 bits per heavy atom. The number of para-hydroxylation sites is 1. The summed E-state index contributed by atoms with van der Waals surface area (Å²) in [5.41, 5.74) is 1.93. The van der Waals surface area contributed by atoms with Gasteiger partial charge < -0.3 is 9.64 Å². The van der Waals surface area contributed by atoms with E-state index in [0.717, 1.165) is 54.1 Å². The molecule has 1 saturated heterocycles. The van der Waals surface area contributed by atoms with Gasteiger partial charge in [0.25, 0.3) is 0 Å². The van der Waals surface area contributed by atoms with Crippen molar-refractivity contribution in [2.24, 2.45) is 0 Å². The first-order valence-corrected chi connectivity index (χ1v) is 9.45. The Labute approximate surface area is 153 Å². The maximum atomic E-state index is 6.11. The molecule has 5 rings (SSSR count). The molecule has 1 aliphatic carbocycles. The van der Waals surface area contributed by atoms with Gasteiger partial charge in [-0.05, 0) is 49.9 Å². The molecular weight excluding hydrogens is 324 g/mol. The molecule has 5 heteroatoms. The van der Waals surface area contributed by atoms with Crippen molar-refractivity contribution in [1.82, 2.24) is 15.0 Å². The molecule has 0 radical (unpaired) electrons. The standard InChI is InChI=1S/C21H22N4O/c1-2-8-17-16(7-1)21(24-20(23-17)15-6-4-11-22-14-15)25-12-5-13-26-19-10-3-9-18(19)25/h1-2,4,6-8,11,14,18-19H,3,5,9-10,12-13H2. The Balaban J connectivity index is 1.68. The van der Waals surface area contributed by atoms with Crippen molar-refractivity contribution in [2.45, 2.75) is 37.8 Å². The van der Waals surface area contributed by atoms with E-state index in [1.165, 1.54) is 12.8 Å². The van der Waals surface area contributed by atoms with Crippen molar-refractivity contribution < 1.29 is 4.74 Å². The number of anilines is 1. The van der Waals surface area contributed by atoms with Crippen LogP contribution in [0.25, 0.3) is 22.3 Å². The summed E-state index contributed by atoms with van der Waals surface area (Å²) in [5, 5.41) is 1.12. The van der Waals surface area contributed by atoms with Gasteiger partial charge in [-0.3, -0.25) is 4.98 Å². The fourth-order valence-electron chi connectivity index (χ4n) is 4.26. The first-order chi connectivity index (χ1) is 12.9. The van der Waals surface area contributed by atoms with Gasteiger partial charge in [-0.2, -0.15) is 0 Å². The van der Waals surface area contributed by atoms with E-state index in [4.69, 9.17) is 14.7 Å². The van der Waals surface area contributed by atoms with Crippen molar-refractivity contribution in [2.75, 3.05) is 18.1 Å². The molecule has 2 aromatic heterocycles. The summed E-state index contributed by atoms with van der Waals surface area (Å²) in [4.78, 5) is 16.5. The normalized spacial score (nSPS) is 23.0. The van der Waals surface area contributed by atoms with E-state index in [-0.39, 0.29) is 0 Å². The molecule has 0 amide bonds. The second-order valence-corrected chi connectivity index (χ2v) is 7.08. The number of hydrogen-bond acceptors (Lipinski definition) is 5. The van der Waals surface area contributed by atoms with Crippen molar-refractivity contribution in [3.05, 3.63) is 48.8 Å². The Hall–Kier alpha value is -2.53.